The van der Waals surface area contributed by atoms with Gasteiger partial charge in [-0.3, -0.25) is 4.79 Å². The van der Waals surface area contributed by atoms with E-state index in [0.29, 0.717) is 17.6 Å². The van der Waals surface area contributed by atoms with E-state index in [0.717, 1.165) is 19.4 Å². The van der Waals surface area contributed by atoms with Crippen LogP contribution >= 0.6 is 0 Å². The molecule has 3 N–H and O–H groups in total. The topological polar surface area (TPSA) is 87.7 Å². The SMILES string of the molecule is COCCCCCCCCCCCCNC(=O)NC(CC(=O)O)C[N+](C)(C)C. The van der Waals surface area contributed by atoms with E-state index in [1.807, 2.05) is 21.1 Å². The van der Waals surface area contributed by atoms with E-state index < -0.39 is 5.97 Å². The maximum absolute atomic E-state index is 12.0. The van der Waals surface area contributed by atoms with Gasteiger partial charge in [-0.1, -0.05) is 51.4 Å². The van der Waals surface area contributed by atoms with Crippen molar-refractivity contribution in [3.05, 3.63) is 0 Å². The molecule has 28 heavy (non-hydrogen) atoms. The van der Waals surface area contributed by atoms with E-state index in [1.54, 1.807) is 7.11 Å². The van der Waals surface area contributed by atoms with Gasteiger partial charge in [0, 0.05) is 20.3 Å². The Morgan fingerprint density at radius 3 is 1.86 bits per heavy atom. The quantitative estimate of drug-likeness (QED) is 0.242. The fourth-order valence-electron chi connectivity index (χ4n) is 3.26. The molecule has 166 valence electrons. The molecule has 0 aliphatic rings. The largest absolute Gasteiger partial charge is 0.481 e. The average Bonchev–Trinajstić information content (AvgIpc) is 2.56. The van der Waals surface area contributed by atoms with E-state index in [4.69, 9.17) is 9.84 Å². The normalized spacial score (nSPS) is 12.6. The predicted octanol–water partition coefficient (Wildman–Crippen LogP) is 3.38. The number of amides is 2. The van der Waals surface area contributed by atoms with E-state index >= 15 is 0 Å². The Morgan fingerprint density at radius 2 is 1.39 bits per heavy atom. The summed E-state index contributed by atoms with van der Waals surface area (Å²) in [5, 5.41) is 14.7. The number of carbonyl (C=O) groups excluding carboxylic acids is 1. The Morgan fingerprint density at radius 1 is 0.893 bits per heavy atom. The molecule has 0 heterocycles. The Hall–Kier alpha value is -1.34. The van der Waals surface area contributed by atoms with Crippen LogP contribution in [0.2, 0.25) is 0 Å². The van der Waals surface area contributed by atoms with Crippen molar-refractivity contribution >= 4 is 12.0 Å². The molecule has 2 amide bonds. The summed E-state index contributed by atoms with van der Waals surface area (Å²) in [6.07, 6.45) is 12.1. The van der Waals surface area contributed by atoms with Crippen molar-refractivity contribution in [1.82, 2.24) is 10.6 Å². The number of ether oxygens (including phenoxy) is 1. The van der Waals surface area contributed by atoms with E-state index in [9.17, 15) is 9.59 Å². The highest BCUT2D eigenvalue weighted by Crippen LogP contribution is 2.10. The van der Waals surface area contributed by atoms with Crippen LogP contribution in [0, 0.1) is 0 Å². The number of carboxylic acids is 1. The van der Waals surface area contributed by atoms with Crippen LogP contribution in [0.3, 0.4) is 0 Å². The highest BCUT2D eigenvalue weighted by molar-refractivity contribution is 5.75. The van der Waals surface area contributed by atoms with Crippen LogP contribution in [0.25, 0.3) is 0 Å². The van der Waals surface area contributed by atoms with Gasteiger partial charge in [-0.25, -0.2) is 4.79 Å². The summed E-state index contributed by atoms with van der Waals surface area (Å²) in [4.78, 5) is 23.0. The standard InChI is InChI=1S/C21H43N3O4/c1-24(2,3)18-19(17-20(25)26)23-21(27)22-15-13-11-9-7-5-6-8-10-12-14-16-28-4/h19H,5-18H2,1-4H3,(H2-,22,23,25,26,27)/p+1. The lowest BCUT2D eigenvalue weighted by atomic mass is 10.1. The molecule has 0 fully saturated rings. The lowest BCUT2D eigenvalue weighted by Crippen LogP contribution is -2.52. The first-order valence-corrected chi connectivity index (χ1v) is 10.8. The number of carbonyl (C=O) groups is 2. The highest BCUT2D eigenvalue weighted by Gasteiger charge is 2.22. The van der Waals surface area contributed by atoms with Crippen molar-refractivity contribution < 1.29 is 23.9 Å². The molecule has 0 aromatic heterocycles. The molecule has 0 aromatic carbocycles. The highest BCUT2D eigenvalue weighted by atomic mass is 16.5. The molecule has 0 aromatic rings. The van der Waals surface area contributed by atoms with Crippen LogP contribution in [0.5, 0.6) is 0 Å². The van der Waals surface area contributed by atoms with Gasteiger partial charge in [-0.2, -0.15) is 0 Å². The third-order valence-electron chi connectivity index (χ3n) is 4.59. The molecule has 0 aliphatic heterocycles. The molecular weight excluding hydrogens is 358 g/mol. The summed E-state index contributed by atoms with van der Waals surface area (Å²) in [5.74, 6) is -0.895. The molecule has 7 heteroatoms. The number of aliphatic carboxylic acids is 1. The van der Waals surface area contributed by atoms with Crippen molar-refractivity contribution in [2.45, 2.75) is 76.7 Å². The van der Waals surface area contributed by atoms with E-state index in [-0.39, 0.29) is 18.5 Å². The molecule has 0 aliphatic carbocycles. The van der Waals surface area contributed by atoms with E-state index in [2.05, 4.69) is 10.6 Å². The van der Waals surface area contributed by atoms with Crippen LogP contribution < -0.4 is 10.6 Å². The monoisotopic (exact) mass is 402 g/mol. The van der Waals surface area contributed by atoms with Crippen LogP contribution in [0.15, 0.2) is 0 Å². The summed E-state index contributed by atoms with van der Waals surface area (Å²) >= 11 is 0. The van der Waals surface area contributed by atoms with Gasteiger partial charge >= 0.3 is 12.0 Å². The number of hydrogen-bond donors (Lipinski definition) is 3. The summed E-state index contributed by atoms with van der Waals surface area (Å²) < 4.78 is 5.65. The first-order chi connectivity index (χ1) is 13.2. The number of nitrogens with one attached hydrogen (secondary N) is 2. The first kappa shape index (κ1) is 26.7. The zero-order chi connectivity index (χ0) is 21.3. The molecular formula is C21H44N3O4+. The van der Waals surface area contributed by atoms with Gasteiger partial charge in [0.05, 0.1) is 40.2 Å². The zero-order valence-corrected chi connectivity index (χ0v) is 18.6. The summed E-state index contributed by atoms with van der Waals surface area (Å²) in [7, 11) is 7.70. The number of unbranched alkanes of at least 4 members (excludes halogenated alkanes) is 9. The van der Waals surface area contributed by atoms with Gasteiger partial charge in [0.2, 0.25) is 0 Å². The van der Waals surface area contributed by atoms with Crippen molar-refractivity contribution in [1.29, 1.82) is 0 Å². The number of methoxy groups -OCH3 is 1. The van der Waals surface area contributed by atoms with Gasteiger partial charge in [0.15, 0.2) is 0 Å². The maximum Gasteiger partial charge on any atom is 0.315 e. The average molecular weight is 403 g/mol. The Balaban J connectivity index is 3.63. The molecule has 0 saturated heterocycles. The number of likely N-dealkylation sites (N-methyl/N-ethyl adjacent to an activating group) is 1. The van der Waals surface area contributed by atoms with Crippen molar-refractivity contribution in [3.63, 3.8) is 0 Å². The smallest absolute Gasteiger partial charge is 0.315 e. The van der Waals surface area contributed by atoms with Crippen molar-refractivity contribution in [3.8, 4) is 0 Å². The number of rotatable bonds is 18. The van der Waals surface area contributed by atoms with Gasteiger partial charge < -0.3 is 25.0 Å². The zero-order valence-electron chi connectivity index (χ0n) is 18.6. The van der Waals surface area contributed by atoms with Gasteiger partial charge in [0.25, 0.3) is 0 Å². The predicted molar refractivity (Wildman–Crippen MR) is 114 cm³/mol. The molecule has 0 spiro atoms. The lowest BCUT2D eigenvalue weighted by molar-refractivity contribution is -0.871. The summed E-state index contributed by atoms with van der Waals surface area (Å²) in [6, 6.07) is -0.639. The minimum Gasteiger partial charge on any atom is -0.481 e. The molecule has 1 atom stereocenters. The Bertz CT molecular complexity index is 411. The second-order valence-corrected chi connectivity index (χ2v) is 8.70. The Labute approximate surface area is 171 Å². The summed E-state index contributed by atoms with van der Waals surface area (Å²) in [6.45, 7) is 2.09. The number of urea groups is 1. The van der Waals surface area contributed by atoms with Gasteiger partial charge in [-0.05, 0) is 12.8 Å². The number of hydrogen-bond acceptors (Lipinski definition) is 3. The van der Waals surface area contributed by atoms with Crippen LogP contribution in [-0.2, 0) is 9.53 Å². The maximum atomic E-state index is 12.0. The molecule has 0 bridgehead atoms. The summed E-state index contributed by atoms with van der Waals surface area (Å²) in [5.41, 5.74) is 0. The second-order valence-electron chi connectivity index (χ2n) is 8.70. The Kier molecular flexibility index (Phi) is 15.8. The molecule has 0 saturated carbocycles. The number of quaternary nitrogens is 1. The molecule has 7 nitrogen and oxygen atoms in total. The third kappa shape index (κ3) is 19.4. The van der Waals surface area contributed by atoms with Crippen LogP contribution in [-0.4, -0.2) is 75.6 Å². The van der Waals surface area contributed by atoms with Crippen molar-refractivity contribution in [2.75, 3.05) is 47.9 Å². The molecule has 1 unspecified atom stereocenters. The number of nitrogens with zero attached hydrogens (tertiary/aromatic N) is 1. The fourth-order valence-corrected chi connectivity index (χ4v) is 3.26. The lowest BCUT2D eigenvalue weighted by Gasteiger charge is -2.29. The number of carboxylic acid groups (broad SMARTS) is 1. The molecule has 0 radical (unpaired) electrons. The first-order valence-electron chi connectivity index (χ1n) is 10.8. The van der Waals surface area contributed by atoms with Crippen molar-refractivity contribution in [2.24, 2.45) is 0 Å². The van der Waals surface area contributed by atoms with Gasteiger partial charge in [0.1, 0.15) is 0 Å². The van der Waals surface area contributed by atoms with Gasteiger partial charge in [-0.15, -0.1) is 0 Å². The van der Waals surface area contributed by atoms with Crippen LogP contribution in [0.4, 0.5) is 4.79 Å². The second kappa shape index (κ2) is 16.6. The van der Waals surface area contributed by atoms with Crippen LogP contribution in [0.1, 0.15) is 70.6 Å². The minimum absolute atomic E-state index is 0.0602. The van der Waals surface area contributed by atoms with E-state index in [1.165, 1.54) is 51.4 Å². The minimum atomic E-state index is -0.895. The fraction of sp³-hybridized carbons (Fsp3) is 0.905. The molecule has 0 rings (SSSR count). The third-order valence-corrected chi connectivity index (χ3v) is 4.59.